The van der Waals surface area contributed by atoms with E-state index in [4.69, 9.17) is 9.72 Å². The molecule has 1 atom stereocenters. The molecule has 2 aromatic rings. The standard InChI is InChI=1S/C20H25F3N6O/c1-27(17-6-8-25-19(26-17)28-10-12-30-13-11-28)15-4-3-9-29(14-15)18-16(20(21,22)23)5-2-7-24-18/h2,5-8,15H,3-4,9-14H2,1H3. The first kappa shape index (κ1) is 20.6. The van der Waals surface area contributed by atoms with Crippen LogP contribution < -0.4 is 14.7 Å². The van der Waals surface area contributed by atoms with Crippen LogP contribution in [-0.2, 0) is 10.9 Å². The molecule has 4 heterocycles. The third-order valence-corrected chi connectivity index (χ3v) is 5.62. The molecule has 0 saturated carbocycles. The summed E-state index contributed by atoms with van der Waals surface area (Å²) in [6, 6.07) is 4.28. The van der Waals surface area contributed by atoms with Gasteiger partial charge in [0.15, 0.2) is 0 Å². The maximum atomic E-state index is 13.4. The van der Waals surface area contributed by atoms with Crippen molar-refractivity contribution in [3.05, 3.63) is 36.2 Å². The molecule has 2 fully saturated rings. The van der Waals surface area contributed by atoms with E-state index in [1.165, 1.54) is 12.3 Å². The van der Waals surface area contributed by atoms with Gasteiger partial charge >= 0.3 is 6.18 Å². The van der Waals surface area contributed by atoms with Gasteiger partial charge in [0.1, 0.15) is 11.6 Å². The molecule has 0 aromatic carbocycles. The molecule has 0 spiro atoms. The monoisotopic (exact) mass is 422 g/mol. The van der Waals surface area contributed by atoms with Gasteiger partial charge in [-0.25, -0.2) is 9.97 Å². The Labute approximate surface area is 173 Å². The number of morpholine rings is 1. The first-order valence-corrected chi connectivity index (χ1v) is 10.1. The summed E-state index contributed by atoms with van der Waals surface area (Å²) in [5.41, 5.74) is -0.690. The number of rotatable bonds is 4. The van der Waals surface area contributed by atoms with E-state index >= 15 is 0 Å². The molecule has 0 amide bonds. The lowest BCUT2D eigenvalue weighted by molar-refractivity contribution is -0.137. The zero-order valence-corrected chi connectivity index (χ0v) is 16.8. The van der Waals surface area contributed by atoms with Gasteiger partial charge in [-0.2, -0.15) is 18.2 Å². The summed E-state index contributed by atoms with van der Waals surface area (Å²) in [6.45, 7) is 3.77. The molecule has 2 aliphatic rings. The molecule has 7 nitrogen and oxygen atoms in total. The normalized spacial score (nSPS) is 20.3. The number of likely N-dealkylation sites (N-methyl/N-ethyl adjacent to an activating group) is 1. The zero-order valence-electron chi connectivity index (χ0n) is 16.8. The van der Waals surface area contributed by atoms with Gasteiger partial charge in [0.05, 0.1) is 18.8 Å². The molecule has 4 rings (SSSR count). The lowest BCUT2D eigenvalue weighted by atomic mass is 10.0. The van der Waals surface area contributed by atoms with Gasteiger partial charge in [0.2, 0.25) is 5.95 Å². The quantitative estimate of drug-likeness (QED) is 0.751. The van der Waals surface area contributed by atoms with Crippen LogP contribution in [0.3, 0.4) is 0 Å². The molecule has 162 valence electrons. The average Bonchev–Trinajstić information content (AvgIpc) is 2.79. The first-order chi connectivity index (χ1) is 14.4. The number of halogens is 3. The summed E-state index contributed by atoms with van der Waals surface area (Å²) in [7, 11) is 1.93. The topological polar surface area (TPSA) is 57.6 Å². The fourth-order valence-corrected chi connectivity index (χ4v) is 3.97. The van der Waals surface area contributed by atoms with Crippen molar-refractivity contribution >= 4 is 17.6 Å². The van der Waals surface area contributed by atoms with Crippen molar-refractivity contribution in [2.75, 3.05) is 61.1 Å². The highest BCUT2D eigenvalue weighted by Gasteiger charge is 2.37. The van der Waals surface area contributed by atoms with Crippen LogP contribution in [0.5, 0.6) is 0 Å². The summed E-state index contributed by atoms with van der Waals surface area (Å²) in [4.78, 5) is 19.0. The Bertz CT molecular complexity index is 858. The van der Waals surface area contributed by atoms with Crippen LogP contribution in [0, 0.1) is 0 Å². The van der Waals surface area contributed by atoms with Crippen molar-refractivity contribution in [1.82, 2.24) is 15.0 Å². The summed E-state index contributed by atoms with van der Waals surface area (Å²) in [5, 5.41) is 0. The van der Waals surface area contributed by atoms with Crippen molar-refractivity contribution in [2.24, 2.45) is 0 Å². The minimum atomic E-state index is -4.43. The number of hydrogen-bond donors (Lipinski definition) is 0. The van der Waals surface area contributed by atoms with Crippen LogP contribution >= 0.6 is 0 Å². The minimum Gasteiger partial charge on any atom is -0.378 e. The van der Waals surface area contributed by atoms with Crippen LogP contribution in [0.25, 0.3) is 0 Å². The largest absolute Gasteiger partial charge is 0.419 e. The number of anilines is 3. The highest BCUT2D eigenvalue weighted by Crippen LogP contribution is 2.36. The fraction of sp³-hybridized carbons (Fsp3) is 0.550. The highest BCUT2D eigenvalue weighted by molar-refractivity contribution is 5.50. The van der Waals surface area contributed by atoms with Crippen LogP contribution in [0.1, 0.15) is 18.4 Å². The van der Waals surface area contributed by atoms with E-state index in [-0.39, 0.29) is 11.9 Å². The Morgan fingerprint density at radius 2 is 1.87 bits per heavy atom. The summed E-state index contributed by atoms with van der Waals surface area (Å²) < 4.78 is 45.7. The van der Waals surface area contributed by atoms with Crippen molar-refractivity contribution in [3.63, 3.8) is 0 Å². The van der Waals surface area contributed by atoms with Crippen molar-refractivity contribution in [2.45, 2.75) is 25.1 Å². The van der Waals surface area contributed by atoms with Crippen molar-refractivity contribution in [1.29, 1.82) is 0 Å². The fourth-order valence-electron chi connectivity index (χ4n) is 3.97. The average molecular weight is 422 g/mol. The molecule has 0 radical (unpaired) electrons. The maximum absolute atomic E-state index is 13.4. The van der Waals surface area contributed by atoms with E-state index in [9.17, 15) is 13.2 Å². The Morgan fingerprint density at radius 3 is 2.63 bits per heavy atom. The third kappa shape index (κ3) is 4.43. The molecule has 1 unspecified atom stereocenters. The van der Waals surface area contributed by atoms with E-state index in [0.717, 1.165) is 37.8 Å². The van der Waals surface area contributed by atoms with Gasteiger partial charge < -0.3 is 19.4 Å². The molecule has 2 saturated heterocycles. The van der Waals surface area contributed by atoms with Crippen molar-refractivity contribution in [3.8, 4) is 0 Å². The molecule has 2 aliphatic heterocycles. The Kier molecular flexibility index (Phi) is 5.94. The minimum absolute atomic E-state index is 0.000191. The van der Waals surface area contributed by atoms with Crippen LogP contribution in [0.15, 0.2) is 30.6 Å². The summed E-state index contributed by atoms with van der Waals surface area (Å²) in [5.74, 6) is 1.41. The first-order valence-electron chi connectivity index (χ1n) is 10.1. The summed E-state index contributed by atoms with van der Waals surface area (Å²) in [6.07, 6.45) is 0.367. The molecule has 0 aliphatic carbocycles. The lowest BCUT2D eigenvalue weighted by Gasteiger charge is -2.39. The summed E-state index contributed by atoms with van der Waals surface area (Å²) >= 11 is 0. The maximum Gasteiger partial charge on any atom is 0.419 e. The van der Waals surface area contributed by atoms with Gasteiger partial charge in [-0.3, -0.25) is 0 Å². The molecular weight excluding hydrogens is 397 g/mol. The van der Waals surface area contributed by atoms with Crippen LogP contribution in [0.2, 0.25) is 0 Å². The number of piperidine rings is 1. The number of alkyl halides is 3. The van der Waals surface area contributed by atoms with E-state index in [1.54, 1.807) is 11.1 Å². The van der Waals surface area contributed by atoms with Gasteiger partial charge in [-0.05, 0) is 31.0 Å². The van der Waals surface area contributed by atoms with E-state index in [2.05, 4.69) is 14.9 Å². The van der Waals surface area contributed by atoms with E-state index in [1.807, 2.05) is 18.0 Å². The third-order valence-electron chi connectivity index (χ3n) is 5.62. The molecular formula is C20H25F3N6O. The zero-order chi connectivity index (χ0) is 21.1. The predicted molar refractivity (Wildman–Crippen MR) is 108 cm³/mol. The second-order valence-corrected chi connectivity index (χ2v) is 7.54. The lowest BCUT2D eigenvalue weighted by Crippen LogP contribution is -2.48. The van der Waals surface area contributed by atoms with Crippen molar-refractivity contribution < 1.29 is 17.9 Å². The molecule has 10 heteroatoms. The molecule has 2 aromatic heterocycles. The number of ether oxygens (including phenoxy) is 1. The molecule has 0 bridgehead atoms. The van der Waals surface area contributed by atoms with E-state index in [0.29, 0.717) is 32.3 Å². The Morgan fingerprint density at radius 1 is 1.07 bits per heavy atom. The Balaban J connectivity index is 1.51. The number of hydrogen-bond acceptors (Lipinski definition) is 7. The molecule has 0 N–H and O–H groups in total. The smallest absolute Gasteiger partial charge is 0.378 e. The Hall–Kier alpha value is -2.62. The van der Waals surface area contributed by atoms with Crippen LogP contribution in [-0.4, -0.2) is 67.4 Å². The van der Waals surface area contributed by atoms with Gasteiger partial charge in [0.25, 0.3) is 0 Å². The number of pyridine rings is 1. The number of nitrogens with zero attached hydrogens (tertiary/aromatic N) is 6. The number of aromatic nitrogens is 3. The van der Waals surface area contributed by atoms with Gasteiger partial charge in [-0.1, -0.05) is 0 Å². The molecule has 30 heavy (non-hydrogen) atoms. The predicted octanol–water partition coefficient (Wildman–Crippen LogP) is 2.83. The second-order valence-electron chi connectivity index (χ2n) is 7.54. The van der Waals surface area contributed by atoms with Gasteiger partial charge in [-0.15, -0.1) is 0 Å². The van der Waals surface area contributed by atoms with Gasteiger partial charge in [0, 0.05) is 51.7 Å². The van der Waals surface area contributed by atoms with Crippen LogP contribution in [0.4, 0.5) is 30.8 Å². The highest BCUT2D eigenvalue weighted by atomic mass is 19.4. The van der Waals surface area contributed by atoms with E-state index < -0.39 is 11.7 Å². The second kappa shape index (κ2) is 8.63. The SMILES string of the molecule is CN(c1ccnc(N2CCOCC2)n1)C1CCCN(c2ncccc2C(F)(F)F)C1.